The van der Waals surface area contributed by atoms with Gasteiger partial charge in [0.25, 0.3) is 0 Å². The fourth-order valence-electron chi connectivity index (χ4n) is 2.16. The third-order valence-corrected chi connectivity index (χ3v) is 5.42. The maximum atomic E-state index is 5.99. The summed E-state index contributed by atoms with van der Waals surface area (Å²) < 4.78 is 9.10. The van der Waals surface area contributed by atoms with E-state index >= 15 is 0 Å². The van der Waals surface area contributed by atoms with Crippen LogP contribution < -0.4 is 10.5 Å². The van der Waals surface area contributed by atoms with Gasteiger partial charge in [0, 0.05) is 16.8 Å². The molecule has 2 nitrogen and oxygen atoms in total. The molecular weight excluding hydrogens is 414 g/mol. The summed E-state index contributed by atoms with van der Waals surface area (Å²) in [4.78, 5) is 0. The van der Waals surface area contributed by atoms with Crippen molar-refractivity contribution in [3.05, 3.63) is 61.9 Å². The molecule has 0 spiro atoms. The first-order valence-electron chi connectivity index (χ1n) is 6.45. The van der Waals surface area contributed by atoms with E-state index in [0.717, 1.165) is 20.3 Å². The second-order valence-corrected chi connectivity index (χ2v) is 7.26. The quantitative estimate of drug-likeness (QED) is 0.600. The van der Waals surface area contributed by atoms with Crippen LogP contribution in [-0.4, -0.2) is 0 Å². The van der Waals surface area contributed by atoms with Crippen LogP contribution in [0.1, 0.15) is 11.1 Å². The Morgan fingerprint density at radius 3 is 2.52 bits per heavy atom. The molecule has 0 saturated heterocycles. The Kier molecular flexibility index (Phi) is 4.64. The molecule has 0 atom stereocenters. The Bertz CT molecular complexity index is 762. The van der Waals surface area contributed by atoms with Gasteiger partial charge in [-0.15, -0.1) is 11.3 Å². The van der Waals surface area contributed by atoms with Gasteiger partial charge >= 0.3 is 0 Å². The molecule has 0 amide bonds. The lowest BCUT2D eigenvalue weighted by atomic mass is 10.2. The van der Waals surface area contributed by atoms with Gasteiger partial charge < -0.3 is 10.5 Å². The van der Waals surface area contributed by atoms with Gasteiger partial charge in [-0.2, -0.15) is 0 Å². The summed E-state index contributed by atoms with van der Waals surface area (Å²) in [6, 6.07) is 12.4. The smallest absolute Gasteiger partial charge is 0.148 e. The molecule has 0 aliphatic rings. The van der Waals surface area contributed by atoms with E-state index in [1.807, 2.05) is 12.1 Å². The zero-order valence-electron chi connectivity index (χ0n) is 11.1. The Morgan fingerprint density at radius 1 is 1.10 bits per heavy atom. The SMILES string of the molecule is NCc1cc(Br)c(OCc2csc3ccccc23)c(Br)c1. The third-order valence-electron chi connectivity index (χ3n) is 3.23. The Balaban J connectivity index is 1.85. The van der Waals surface area contributed by atoms with Gasteiger partial charge in [-0.3, -0.25) is 0 Å². The fraction of sp³-hybridized carbons (Fsp3) is 0.125. The second-order valence-electron chi connectivity index (χ2n) is 4.64. The first kappa shape index (κ1) is 15.0. The summed E-state index contributed by atoms with van der Waals surface area (Å²) in [5, 5.41) is 3.41. The van der Waals surface area contributed by atoms with Crippen LogP contribution in [0.15, 0.2) is 50.7 Å². The van der Waals surface area contributed by atoms with Gasteiger partial charge in [-0.1, -0.05) is 18.2 Å². The lowest BCUT2D eigenvalue weighted by Crippen LogP contribution is -2.00. The fourth-order valence-corrected chi connectivity index (χ4v) is 4.62. The van der Waals surface area contributed by atoms with Crippen molar-refractivity contribution in [2.45, 2.75) is 13.2 Å². The van der Waals surface area contributed by atoms with E-state index in [9.17, 15) is 0 Å². The van der Waals surface area contributed by atoms with Gasteiger partial charge in [0.05, 0.1) is 8.95 Å². The number of ether oxygens (including phenoxy) is 1. The van der Waals surface area contributed by atoms with Crippen LogP contribution in [-0.2, 0) is 13.2 Å². The molecule has 0 bridgehead atoms. The average Bonchev–Trinajstić information content (AvgIpc) is 2.89. The van der Waals surface area contributed by atoms with Gasteiger partial charge in [0.15, 0.2) is 0 Å². The van der Waals surface area contributed by atoms with Crippen LogP contribution >= 0.6 is 43.2 Å². The maximum absolute atomic E-state index is 5.99. The minimum atomic E-state index is 0.507. The Hall–Kier alpha value is -0.880. The summed E-state index contributed by atoms with van der Waals surface area (Å²) in [6.45, 7) is 1.05. The van der Waals surface area contributed by atoms with Crippen molar-refractivity contribution in [3.8, 4) is 5.75 Å². The molecule has 21 heavy (non-hydrogen) atoms. The van der Waals surface area contributed by atoms with Crippen molar-refractivity contribution in [1.29, 1.82) is 0 Å². The minimum Gasteiger partial charge on any atom is -0.486 e. The normalized spacial score (nSPS) is 11.0. The predicted molar refractivity (Wildman–Crippen MR) is 95.9 cm³/mol. The third kappa shape index (κ3) is 3.16. The Labute approximate surface area is 144 Å². The van der Waals surface area contributed by atoms with Crippen LogP contribution in [0.4, 0.5) is 0 Å². The maximum Gasteiger partial charge on any atom is 0.148 e. The standard InChI is InChI=1S/C16H13Br2NOS/c17-13-5-10(7-19)6-14(18)16(13)20-8-11-9-21-15-4-2-1-3-12(11)15/h1-6,9H,7-8,19H2. The molecule has 1 heterocycles. The zero-order chi connectivity index (χ0) is 14.8. The first-order chi connectivity index (χ1) is 10.2. The van der Waals surface area contributed by atoms with Crippen molar-refractivity contribution in [3.63, 3.8) is 0 Å². The molecule has 0 fully saturated rings. The molecule has 1 aromatic heterocycles. The molecule has 0 aliphatic carbocycles. The largest absolute Gasteiger partial charge is 0.486 e. The zero-order valence-corrected chi connectivity index (χ0v) is 15.1. The summed E-state index contributed by atoms with van der Waals surface area (Å²) >= 11 is 8.83. The monoisotopic (exact) mass is 425 g/mol. The molecule has 108 valence electrons. The van der Waals surface area contributed by atoms with Crippen LogP contribution in [0.2, 0.25) is 0 Å². The molecule has 3 aromatic rings. The molecule has 0 saturated carbocycles. The van der Waals surface area contributed by atoms with E-state index in [4.69, 9.17) is 10.5 Å². The summed E-state index contributed by atoms with van der Waals surface area (Å²) in [7, 11) is 0. The first-order valence-corrected chi connectivity index (χ1v) is 8.91. The highest BCUT2D eigenvalue weighted by molar-refractivity contribution is 9.11. The number of hydrogen-bond acceptors (Lipinski definition) is 3. The molecule has 0 aliphatic heterocycles. The molecule has 3 rings (SSSR count). The van der Waals surface area contributed by atoms with Crippen LogP contribution in [0.3, 0.4) is 0 Å². The van der Waals surface area contributed by atoms with Crippen molar-refractivity contribution in [2.24, 2.45) is 5.73 Å². The number of hydrogen-bond donors (Lipinski definition) is 1. The highest BCUT2D eigenvalue weighted by Gasteiger charge is 2.10. The minimum absolute atomic E-state index is 0.507. The molecule has 2 aromatic carbocycles. The predicted octanol–water partition coefficient (Wildman–Crippen LogP) is 5.46. The van der Waals surface area contributed by atoms with Crippen LogP contribution in [0.5, 0.6) is 5.75 Å². The van der Waals surface area contributed by atoms with Crippen molar-refractivity contribution >= 4 is 53.3 Å². The number of rotatable bonds is 4. The number of fused-ring (bicyclic) bond motifs is 1. The average molecular weight is 427 g/mol. The van der Waals surface area contributed by atoms with Crippen molar-refractivity contribution in [1.82, 2.24) is 0 Å². The van der Waals surface area contributed by atoms with Gasteiger partial charge in [-0.05, 0) is 66.4 Å². The van der Waals surface area contributed by atoms with E-state index < -0.39 is 0 Å². The van der Waals surface area contributed by atoms with Gasteiger partial charge in [-0.25, -0.2) is 0 Å². The van der Waals surface area contributed by atoms with Gasteiger partial charge in [0.1, 0.15) is 12.4 Å². The number of nitrogens with two attached hydrogens (primary N) is 1. The number of thiophene rings is 1. The van der Waals surface area contributed by atoms with Gasteiger partial charge in [0.2, 0.25) is 0 Å². The van der Waals surface area contributed by atoms with Crippen molar-refractivity contribution in [2.75, 3.05) is 0 Å². The van der Waals surface area contributed by atoms with E-state index in [2.05, 4.69) is 61.5 Å². The van der Waals surface area contributed by atoms with E-state index in [1.165, 1.54) is 15.6 Å². The molecular formula is C16H13Br2NOS. The topological polar surface area (TPSA) is 35.2 Å². The summed E-state index contributed by atoms with van der Waals surface area (Å²) in [5.74, 6) is 0.808. The molecule has 5 heteroatoms. The van der Waals surface area contributed by atoms with Crippen LogP contribution in [0, 0.1) is 0 Å². The highest BCUT2D eigenvalue weighted by atomic mass is 79.9. The number of benzene rings is 2. The molecule has 0 radical (unpaired) electrons. The lowest BCUT2D eigenvalue weighted by molar-refractivity contribution is 0.304. The van der Waals surface area contributed by atoms with Crippen molar-refractivity contribution < 1.29 is 4.74 Å². The van der Waals surface area contributed by atoms with E-state index in [1.54, 1.807) is 11.3 Å². The molecule has 2 N–H and O–H groups in total. The lowest BCUT2D eigenvalue weighted by Gasteiger charge is -2.11. The van der Waals surface area contributed by atoms with E-state index in [-0.39, 0.29) is 0 Å². The summed E-state index contributed by atoms with van der Waals surface area (Å²) in [6.07, 6.45) is 0. The van der Waals surface area contributed by atoms with Crippen LogP contribution in [0.25, 0.3) is 10.1 Å². The molecule has 0 unspecified atom stereocenters. The van der Waals surface area contributed by atoms with E-state index in [0.29, 0.717) is 13.2 Å². The Morgan fingerprint density at radius 2 is 1.81 bits per heavy atom. The second kappa shape index (κ2) is 6.48. The number of halogens is 2. The highest BCUT2D eigenvalue weighted by Crippen LogP contribution is 2.36. The summed E-state index contributed by atoms with van der Waals surface area (Å²) in [5.41, 5.74) is 7.93.